The van der Waals surface area contributed by atoms with Crippen LogP contribution in [0.2, 0.25) is 0 Å². The minimum absolute atomic E-state index is 0.204. The van der Waals surface area contributed by atoms with Crippen LogP contribution < -0.4 is 4.74 Å². The molecule has 0 bridgehead atoms. The zero-order valence-electron chi connectivity index (χ0n) is 11.6. The van der Waals surface area contributed by atoms with Gasteiger partial charge in [0.05, 0.1) is 12.6 Å². The standard InChI is InChI=1S/C17H16FNO/c1-12-10-15-16(4-3-5-17(15)20-2)19(12)11-13-6-8-14(18)9-7-13/h3-10H,11H2,1-2H3. The lowest BCUT2D eigenvalue weighted by atomic mass is 10.2. The van der Waals surface area contributed by atoms with Crippen LogP contribution in [0.25, 0.3) is 10.9 Å². The van der Waals surface area contributed by atoms with Gasteiger partial charge in [-0.1, -0.05) is 18.2 Å². The molecule has 20 heavy (non-hydrogen) atoms. The van der Waals surface area contributed by atoms with Gasteiger partial charge in [0.25, 0.3) is 0 Å². The summed E-state index contributed by atoms with van der Waals surface area (Å²) in [5.41, 5.74) is 3.37. The molecule has 0 radical (unpaired) electrons. The first-order chi connectivity index (χ1) is 9.69. The van der Waals surface area contributed by atoms with Gasteiger partial charge in [-0.25, -0.2) is 4.39 Å². The average molecular weight is 269 g/mol. The summed E-state index contributed by atoms with van der Waals surface area (Å²) in [6.45, 7) is 2.80. The van der Waals surface area contributed by atoms with E-state index in [4.69, 9.17) is 4.74 Å². The third-order valence-electron chi connectivity index (χ3n) is 3.59. The lowest BCUT2D eigenvalue weighted by molar-refractivity contribution is 0.420. The summed E-state index contributed by atoms with van der Waals surface area (Å²) in [5.74, 6) is 0.674. The van der Waals surface area contributed by atoms with Crippen LogP contribution in [-0.4, -0.2) is 11.7 Å². The molecule has 0 fully saturated rings. The molecule has 2 aromatic carbocycles. The molecule has 0 atom stereocenters. The van der Waals surface area contributed by atoms with Crippen molar-refractivity contribution in [1.82, 2.24) is 4.57 Å². The van der Waals surface area contributed by atoms with E-state index in [1.807, 2.05) is 24.3 Å². The van der Waals surface area contributed by atoms with Gasteiger partial charge in [0.15, 0.2) is 0 Å². The van der Waals surface area contributed by atoms with Crippen LogP contribution in [0, 0.1) is 12.7 Å². The molecule has 3 rings (SSSR count). The van der Waals surface area contributed by atoms with Crippen molar-refractivity contribution in [1.29, 1.82) is 0 Å². The van der Waals surface area contributed by atoms with Crippen molar-refractivity contribution in [2.75, 3.05) is 7.11 Å². The Balaban J connectivity index is 2.07. The van der Waals surface area contributed by atoms with E-state index in [9.17, 15) is 4.39 Å². The van der Waals surface area contributed by atoms with Crippen molar-refractivity contribution >= 4 is 10.9 Å². The highest BCUT2D eigenvalue weighted by Gasteiger charge is 2.09. The van der Waals surface area contributed by atoms with Crippen LogP contribution in [0.5, 0.6) is 5.75 Å². The summed E-state index contributed by atoms with van der Waals surface area (Å²) in [4.78, 5) is 0. The monoisotopic (exact) mass is 269 g/mol. The molecule has 0 aliphatic heterocycles. The fraction of sp³-hybridized carbons (Fsp3) is 0.176. The van der Waals surface area contributed by atoms with Crippen LogP contribution in [0.15, 0.2) is 48.5 Å². The molecule has 1 aromatic heterocycles. The quantitative estimate of drug-likeness (QED) is 0.697. The number of halogens is 1. The molecule has 3 aromatic rings. The molecule has 0 saturated carbocycles. The Labute approximate surface area is 117 Å². The van der Waals surface area contributed by atoms with Crippen molar-refractivity contribution in [3.05, 3.63) is 65.6 Å². The lowest BCUT2D eigenvalue weighted by Crippen LogP contribution is -2.01. The van der Waals surface area contributed by atoms with E-state index < -0.39 is 0 Å². The van der Waals surface area contributed by atoms with Gasteiger partial charge >= 0.3 is 0 Å². The number of hydrogen-bond donors (Lipinski definition) is 0. The van der Waals surface area contributed by atoms with Gasteiger partial charge in [0.1, 0.15) is 11.6 Å². The SMILES string of the molecule is COc1cccc2c1cc(C)n2Cc1ccc(F)cc1. The molecule has 0 aliphatic rings. The molecule has 0 aliphatic carbocycles. The maximum atomic E-state index is 13.0. The van der Waals surface area contributed by atoms with Gasteiger partial charge in [-0.3, -0.25) is 0 Å². The van der Waals surface area contributed by atoms with Gasteiger partial charge in [0.2, 0.25) is 0 Å². The van der Waals surface area contributed by atoms with Gasteiger partial charge in [0, 0.05) is 17.6 Å². The first kappa shape index (κ1) is 12.7. The molecule has 102 valence electrons. The molecule has 0 N–H and O–H groups in total. The van der Waals surface area contributed by atoms with Crippen LogP contribution >= 0.6 is 0 Å². The number of ether oxygens (including phenoxy) is 1. The second kappa shape index (κ2) is 5.00. The number of nitrogens with zero attached hydrogens (tertiary/aromatic N) is 1. The Hall–Kier alpha value is -2.29. The number of methoxy groups -OCH3 is 1. The van der Waals surface area contributed by atoms with Gasteiger partial charge in [-0.05, 0) is 42.8 Å². The summed E-state index contributed by atoms with van der Waals surface area (Å²) in [6, 6.07) is 14.8. The van der Waals surface area contributed by atoms with E-state index >= 15 is 0 Å². The Morgan fingerprint density at radius 2 is 1.85 bits per heavy atom. The molecule has 0 unspecified atom stereocenters. The van der Waals surface area contributed by atoms with Gasteiger partial charge in [-0.2, -0.15) is 0 Å². The van der Waals surface area contributed by atoms with E-state index in [0.29, 0.717) is 0 Å². The van der Waals surface area contributed by atoms with Crippen molar-refractivity contribution in [2.24, 2.45) is 0 Å². The second-order valence-corrected chi connectivity index (χ2v) is 4.89. The minimum Gasteiger partial charge on any atom is -0.496 e. The van der Waals surface area contributed by atoms with Crippen molar-refractivity contribution < 1.29 is 9.13 Å². The summed E-state index contributed by atoms with van der Waals surface area (Å²) >= 11 is 0. The zero-order chi connectivity index (χ0) is 14.1. The van der Waals surface area contributed by atoms with Crippen molar-refractivity contribution in [3.8, 4) is 5.75 Å². The van der Waals surface area contributed by atoms with Crippen molar-refractivity contribution in [2.45, 2.75) is 13.5 Å². The summed E-state index contributed by atoms with van der Waals surface area (Å²) in [6.07, 6.45) is 0. The predicted molar refractivity (Wildman–Crippen MR) is 78.7 cm³/mol. The number of fused-ring (bicyclic) bond motifs is 1. The second-order valence-electron chi connectivity index (χ2n) is 4.89. The molecule has 0 saturated heterocycles. The molecule has 0 spiro atoms. The van der Waals surface area contributed by atoms with Crippen LogP contribution in [-0.2, 0) is 6.54 Å². The largest absolute Gasteiger partial charge is 0.496 e. The first-order valence-corrected chi connectivity index (χ1v) is 6.56. The topological polar surface area (TPSA) is 14.2 Å². The minimum atomic E-state index is -0.204. The highest BCUT2D eigenvalue weighted by atomic mass is 19.1. The molecular formula is C17H16FNO. The van der Waals surface area contributed by atoms with E-state index in [-0.39, 0.29) is 5.82 Å². The number of benzene rings is 2. The molecule has 0 amide bonds. The average Bonchev–Trinajstić information content (AvgIpc) is 2.77. The number of aryl methyl sites for hydroxylation is 1. The Morgan fingerprint density at radius 1 is 1.10 bits per heavy atom. The smallest absolute Gasteiger partial charge is 0.128 e. The maximum Gasteiger partial charge on any atom is 0.128 e. The van der Waals surface area contributed by atoms with Crippen molar-refractivity contribution in [3.63, 3.8) is 0 Å². The van der Waals surface area contributed by atoms with E-state index in [1.165, 1.54) is 12.1 Å². The van der Waals surface area contributed by atoms with E-state index in [1.54, 1.807) is 7.11 Å². The molecule has 2 nitrogen and oxygen atoms in total. The van der Waals surface area contributed by atoms with E-state index in [0.717, 1.165) is 34.5 Å². The number of aromatic nitrogens is 1. The third-order valence-corrected chi connectivity index (χ3v) is 3.59. The highest BCUT2D eigenvalue weighted by molar-refractivity contribution is 5.87. The fourth-order valence-electron chi connectivity index (χ4n) is 2.55. The summed E-state index contributed by atoms with van der Waals surface area (Å²) in [5, 5.41) is 1.11. The van der Waals surface area contributed by atoms with Crippen LogP contribution in [0.1, 0.15) is 11.3 Å². The van der Waals surface area contributed by atoms with Crippen LogP contribution in [0.4, 0.5) is 4.39 Å². The number of hydrogen-bond acceptors (Lipinski definition) is 1. The Morgan fingerprint density at radius 3 is 2.55 bits per heavy atom. The third kappa shape index (κ3) is 2.16. The molecule has 1 heterocycles. The zero-order valence-corrected chi connectivity index (χ0v) is 11.6. The molecular weight excluding hydrogens is 253 g/mol. The maximum absolute atomic E-state index is 13.0. The molecule has 3 heteroatoms. The van der Waals surface area contributed by atoms with Gasteiger partial charge < -0.3 is 9.30 Å². The summed E-state index contributed by atoms with van der Waals surface area (Å²) in [7, 11) is 1.68. The fourth-order valence-corrected chi connectivity index (χ4v) is 2.55. The van der Waals surface area contributed by atoms with Crippen LogP contribution in [0.3, 0.4) is 0 Å². The lowest BCUT2D eigenvalue weighted by Gasteiger charge is -2.09. The summed E-state index contributed by atoms with van der Waals surface area (Å²) < 4.78 is 20.6. The number of rotatable bonds is 3. The first-order valence-electron chi connectivity index (χ1n) is 6.56. The Bertz CT molecular complexity index is 744. The van der Waals surface area contributed by atoms with E-state index in [2.05, 4.69) is 23.6 Å². The van der Waals surface area contributed by atoms with Gasteiger partial charge in [-0.15, -0.1) is 0 Å². The Kier molecular flexibility index (Phi) is 3.18. The normalized spacial score (nSPS) is 10.9. The predicted octanol–water partition coefficient (Wildman–Crippen LogP) is 4.15. The highest BCUT2D eigenvalue weighted by Crippen LogP contribution is 2.29.